The van der Waals surface area contributed by atoms with E-state index in [4.69, 9.17) is 4.74 Å². The molecule has 0 radical (unpaired) electrons. The van der Waals surface area contributed by atoms with Gasteiger partial charge in [0.25, 0.3) is 0 Å². The van der Waals surface area contributed by atoms with E-state index in [0.717, 1.165) is 49.9 Å². The van der Waals surface area contributed by atoms with Crippen molar-refractivity contribution in [2.45, 2.75) is 44.6 Å². The van der Waals surface area contributed by atoms with Crippen molar-refractivity contribution in [1.29, 1.82) is 0 Å². The number of piperidine rings is 1. The summed E-state index contributed by atoms with van der Waals surface area (Å²) in [4.78, 5) is 29.9. The Balaban J connectivity index is 1.78. The van der Waals surface area contributed by atoms with Crippen LogP contribution in [0.3, 0.4) is 0 Å². The van der Waals surface area contributed by atoms with Gasteiger partial charge in [-0.1, -0.05) is 25.1 Å². The molecule has 0 bridgehead atoms. The molecule has 2 aliphatic heterocycles. The average Bonchev–Trinajstić information content (AvgIpc) is 3.08. The molecule has 2 fully saturated rings. The van der Waals surface area contributed by atoms with Gasteiger partial charge in [-0.2, -0.15) is 0 Å². The van der Waals surface area contributed by atoms with Crippen LogP contribution in [-0.4, -0.2) is 60.6 Å². The largest absolute Gasteiger partial charge is 0.383 e. The Kier molecular flexibility index (Phi) is 5.81. The van der Waals surface area contributed by atoms with Crippen molar-refractivity contribution in [1.82, 2.24) is 9.80 Å². The zero-order valence-corrected chi connectivity index (χ0v) is 15.8. The van der Waals surface area contributed by atoms with E-state index in [1.807, 2.05) is 29.2 Å². The Hall–Kier alpha value is -2.08. The topological polar surface area (TPSA) is 61.9 Å². The number of para-hydroxylation sites is 1. The highest BCUT2D eigenvalue weighted by atomic mass is 16.5. The molecule has 1 atom stereocenters. The van der Waals surface area contributed by atoms with Gasteiger partial charge < -0.3 is 19.9 Å². The maximum atomic E-state index is 13.2. The first kappa shape index (κ1) is 18.7. The van der Waals surface area contributed by atoms with Crippen LogP contribution in [0.5, 0.6) is 0 Å². The van der Waals surface area contributed by atoms with Crippen molar-refractivity contribution in [3.8, 4) is 0 Å². The highest BCUT2D eigenvalue weighted by Gasteiger charge is 2.52. The number of methoxy groups -OCH3 is 1. The normalized spacial score (nSPS) is 22.9. The molecule has 2 aliphatic rings. The summed E-state index contributed by atoms with van der Waals surface area (Å²) in [7, 11) is 1.64. The number of carbonyl (C=O) groups excluding carboxylic acids is 2. The van der Waals surface area contributed by atoms with Gasteiger partial charge in [0, 0.05) is 32.4 Å². The summed E-state index contributed by atoms with van der Waals surface area (Å²) in [5, 5.41) is 3.05. The van der Waals surface area contributed by atoms with Crippen molar-refractivity contribution >= 4 is 17.6 Å². The van der Waals surface area contributed by atoms with Gasteiger partial charge >= 0.3 is 6.03 Å². The van der Waals surface area contributed by atoms with Crippen LogP contribution in [0.1, 0.15) is 38.2 Å². The smallest absolute Gasteiger partial charge is 0.322 e. The van der Waals surface area contributed by atoms with Crippen LogP contribution >= 0.6 is 0 Å². The lowest BCUT2D eigenvalue weighted by Gasteiger charge is -2.44. The Morgan fingerprint density at radius 1 is 1.23 bits per heavy atom. The number of nitrogens with one attached hydrogen (secondary N) is 1. The number of aryl methyl sites for hydroxylation is 1. The van der Waals surface area contributed by atoms with Gasteiger partial charge in [0.2, 0.25) is 5.91 Å². The van der Waals surface area contributed by atoms with Gasteiger partial charge in [-0.15, -0.1) is 0 Å². The van der Waals surface area contributed by atoms with E-state index in [0.29, 0.717) is 19.7 Å². The van der Waals surface area contributed by atoms with E-state index < -0.39 is 5.54 Å². The van der Waals surface area contributed by atoms with Crippen LogP contribution in [0.25, 0.3) is 0 Å². The van der Waals surface area contributed by atoms with Crippen molar-refractivity contribution in [2.24, 2.45) is 0 Å². The van der Waals surface area contributed by atoms with E-state index in [1.165, 1.54) is 0 Å². The van der Waals surface area contributed by atoms with Gasteiger partial charge in [-0.05, 0) is 43.7 Å². The summed E-state index contributed by atoms with van der Waals surface area (Å²) in [6.07, 6.45) is 4.14. The summed E-state index contributed by atoms with van der Waals surface area (Å²) in [5.41, 5.74) is 1.25. The Bertz CT molecular complexity index is 663. The molecule has 2 saturated heterocycles. The molecule has 0 aromatic heterocycles. The van der Waals surface area contributed by atoms with Gasteiger partial charge in [0.05, 0.1) is 6.61 Å². The van der Waals surface area contributed by atoms with Crippen LogP contribution in [0.4, 0.5) is 10.5 Å². The van der Waals surface area contributed by atoms with Crippen LogP contribution in [0.15, 0.2) is 24.3 Å². The fourth-order valence-electron chi connectivity index (χ4n) is 4.27. The third-order valence-electron chi connectivity index (χ3n) is 5.64. The van der Waals surface area contributed by atoms with Crippen LogP contribution in [0.2, 0.25) is 0 Å². The van der Waals surface area contributed by atoms with Gasteiger partial charge in [-0.25, -0.2) is 4.79 Å². The maximum absolute atomic E-state index is 13.2. The standard InChI is InChI=1S/C20H29N3O3/c1-3-16-8-4-5-9-17(16)21-19(25)23-13-7-11-20(23)10-6-12-22(18(20)24)14-15-26-2/h4-5,8-9H,3,6-7,10-15H2,1-2H3,(H,21,25). The molecule has 2 heterocycles. The van der Waals surface area contributed by atoms with E-state index in [1.54, 1.807) is 12.0 Å². The molecule has 1 spiro atoms. The minimum atomic E-state index is -0.683. The highest BCUT2D eigenvalue weighted by molar-refractivity contribution is 5.97. The SMILES string of the molecule is CCc1ccccc1NC(=O)N1CCCC12CCCN(CCOC)C2=O. The molecule has 0 aliphatic carbocycles. The lowest BCUT2D eigenvalue weighted by atomic mass is 9.85. The molecule has 6 heteroatoms. The summed E-state index contributed by atoms with van der Waals surface area (Å²) >= 11 is 0. The number of urea groups is 1. The molecule has 26 heavy (non-hydrogen) atoms. The molecule has 1 aromatic rings. The number of hydrogen-bond acceptors (Lipinski definition) is 3. The second-order valence-corrected chi connectivity index (χ2v) is 7.12. The van der Waals surface area contributed by atoms with Gasteiger partial charge in [0.15, 0.2) is 0 Å². The summed E-state index contributed by atoms with van der Waals surface area (Å²) in [6.45, 7) is 4.56. The van der Waals surface area contributed by atoms with E-state index >= 15 is 0 Å². The molecule has 0 saturated carbocycles. The van der Waals surface area contributed by atoms with Gasteiger partial charge in [0.1, 0.15) is 5.54 Å². The quantitative estimate of drug-likeness (QED) is 0.879. The molecule has 6 nitrogen and oxygen atoms in total. The number of amides is 3. The maximum Gasteiger partial charge on any atom is 0.322 e. The van der Waals surface area contributed by atoms with Crippen molar-refractivity contribution in [2.75, 3.05) is 38.7 Å². The first-order valence-corrected chi connectivity index (χ1v) is 9.57. The fourth-order valence-corrected chi connectivity index (χ4v) is 4.27. The van der Waals surface area contributed by atoms with E-state index in [2.05, 4.69) is 12.2 Å². The Morgan fingerprint density at radius 3 is 2.69 bits per heavy atom. The number of anilines is 1. The third kappa shape index (κ3) is 3.43. The molecule has 1 aromatic carbocycles. The lowest BCUT2D eigenvalue weighted by Crippen LogP contribution is -2.62. The number of benzene rings is 1. The summed E-state index contributed by atoms with van der Waals surface area (Å²) in [6, 6.07) is 7.68. The Morgan fingerprint density at radius 2 is 1.96 bits per heavy atom. The first-order chi connectivity index (χ1) is 12.6. The molecule has 1 unspecified atom stereocenters. The van der Waals surface area contributed by atoms with Crippen molar-refractivity contribution in [3.63, 3.8) is 0 Å². The minimum Gasteiger partial charge on any atom is -0.383 e. The number of nitrogens with zero attached hydrogens (tertiary/aromatic N) is 2. The number of ether oxygens (including phenoxy) is 1. The molecule has 142 valence electrons. The monoisotopic (exact) mass is 359 g/mol. The highest BCUT2D eigenvalue weighted by Crippen LogP contribution is 2.38. The van der Waals surface area contributed by atoms with E-state index in [9.17, 15) is 9.59 Å². The zero-order chi connectivity index (χ0) is 18.6. The van der Waals surface area contributed by atoms with E-state index in [-0.39, 0.29) is 11.9 Å². The molecule has 1 N–H and O–H groups in total. The van der Waals surface area contributed by atoms with Crippen LogP contribution in [0, 0.1) is 0 Å². The zero-order valence-electron chi connectivity index (χ0n) is 15.8. The molecule has 3 rings (SSSR count). The summed E-state index contributed by atoms with van der Waals surface area (Å²) in [5.74, 6) is 0.0808. The van der Waals surface area contributed by atoms with Gasteiger partial charge in [-0.3, -0.25) is 4.79 Å². The number of likely N-dealkylation sites (tertiary alicyclic amines) is 2. The number of rotatable bonds is 5. The minimum absolute atomic E-state index is 0.0808. The molecular weight excluding hydrogens is 330 g/mol. The second kappa shape index (κ2) is 8.08. The fraction of sp³-hybridized carbons (Fsp3) is 0.600. The lowest BCUT2D eigenvalue weighted by molar-refractivity contribution is -0.146. The molecular formula is C20H29N3O3. The summed E-state index contributed by atoms with van der Waals surface area (Å²) < 4.78 is 5.14. The predicted octanol–water partition coefficient (Wildman–Crippen LogP) is 2.88. The van der Waals surface area contributed by atoms with Crippen LogP contribution < -0.4 is 5.32 Å². The second-order valence-electron chi connectivity index (χ2n) is 7.12. The predicted molar refractivity (Wildman–Crippen MR) is 101 cm³/mol. The van der Waals surface area contributed by atoms with Crippen molar-refractivity contribution < 1.29 is 14.3 Å². The average molecular weight is 359 g/mol. The van der Waals surface area contributed by atoms with Crippen molar-refractivity contribution in [3.05, 3.63) is 29.8 Å². The number of carbonyl (C=O) groups is 2. The van der Waals surface area contributed by atoms with Crippen LogP contribution in [-0.2, 0) is 16.0 Å². The molecule has 3 amide bonds. The number of hydrogen-bond donors (Lipinski definition) is 1. The third-order valence-corrected chi connectivity index (χ3v) is 5.64. The first-order valence-electron chi connectivity index (χ1n) is 9.57. The Labute approximate surface area is 155 Å².